The van der Waals surface area contributed by atoms with Crippen LogP contribution in [0.25, 0.3) is 11.3 Å². The number of rotatable bonds is 4. The zero-order valence-electron chi connectivity index (χ0n) is 17.6. The topological polar surface area (TPSA) is 24.3 Å². The maximum Gasteiger partial charge on any atom is 0.0649 e. The third kappa shape index (κ3) is 4.19. The molecule has 0 unspecified atom stereocenters. The van der Waals surface area contributed by atoms with Gasteiger partial charge in [-0.05, 0) is 49.8 Å². The van der Waals surface area contributed by atoms with Crippen LogP contribution in [-0.4, -0.2) is 58.3 Å². The predicted octanol–water partition coefficient (Wildman–Crippen LogP) is 4.54. The van der Waals surface area contributed by atoms with Gasteiger partial charge in [-0.25, -0.2) is 4.68 Å². The minimum Gasteiger partial charge on any atom is -0.298 e. The molecule has 0 N–H and O–H groups in total. The van der Waals surface area contributed by atoms with Gasteiger partial charge in [-0.2, -0.15) is 5.10 Å². The lowest BCUT2D eigenvalue weighted by Crippen LogP contribution is -2.50. The maximum atomic E-state index is 4.73. The molecule has 0 atom stereocenters. The Morgan fingerprint density at radius 2 is 1.69 bits per heavy atom. The first kappa shape index (κ1) is 19.1. The van der Waals surface area contributed by atoms with Gasteiger partial charge in [0.05, 0.1) is 17.6 Å². The lowest BCUT2D eigenvalue weighted by molar-refractivity contribution is 0.0847. The van der Waals surface area contributed by atoms with Gasteiger partial charge in [0.1, 0.15) is 0 Å². The summed E-state index contributed by atoms with van der Waals surface area (Å²) in [4.78, 5) is 5.41. The van der Waals surface area contributed by atoms with Gasteiger partial charge in [-0.1, -0.05) is 43.5 Å². The van der Waals surface area contributed by atoms with Crippen LogP contribution in [-0.2, 0) is 6.42 Å². The van der Waals surface area contributed by atoms with Crippen LogP contribution in [0.4, 0.5) is 0 Å². The summed E-state index contributed by atoms with van der Waals surface area (Å²) in [5, 5.41) is 4.73. The van der Waals surface area contributed by atoms with Gasteiger partial charge in [0, 0.05) is 44.3 Å². The molecule has 5 rings (SSSR count). The lowest BCUT2D eigenvalue weighted by atomic mass is 9.92. The van der Waals surface area contributed by atoms with E-state index in [0.29, 0.717) is 0 Å². The Morgan fingerprint density at radius 1 is 0.897 bits per heavy atom. The molecular formula is C25H34N4. The highest BCUT2D eigenvalue weighted by Gasteiger charge is 2.25. The van der Waals surface area contributed by atoms with Gasteiger partial charge in [0.15, 0.2) is 0 Å². The van der Waals surface area contributed by atoms with Crippen LogP contribution in [0.2, 0.25) is 0 Å². The number of hydrogen-bond donors (Lipinski definition) is 0. The van der Waals surface area contributed by atoms with Gasteiger partial charge >= 0.3 is 0 Å². The van der Waals surface area contributed by atoms with Gasteiger partial charge in [0.2, 0.25) is 0 Å². The minimum atomic E-state index is 0.869. The van der Waals surface area contributed by atoms with E-state index in [-0.39, 0.29) is 0 Å². The number of piperazine rings is 1. The first-order valence-corrected chi connectivity index (χ1v) is 11.7. The summed E-state index contributed by atoms with van der Waals surface area (Å²) in [6, 6.07) is 11.4. The molecule has 4 heteroatoms. The van der Waals surface area contributed by atoms with Crippen molar-refractivity contribution in [2.75, 3.05) is 32.7 Å². The van der Waals surface area contributed by atoms with Crippen molar-refractivity contribution in [3.05, 3.63) is 53.9 Å². The van der Waals surface area contributed by atoms with Crippen LogP contribution in [0.3, 0.4) is 0 Å². The molecule has 1 aromatic heterocycles. The van der Waals surface area contributed by atoms with E-state index >= 15 is 0 Å². The van der Waals surface area contributed by atoms with Crippen molar-refractivity contribution >= 4 is 5.57 Å². The number of hydrogen-bond acceptors (Lipinski definition) is 3. The second-order valence-corrected chi connectivity index (χ2v) is 8.96. The molecule has 4 nitrogen and oxygen atoms in total. The molecule has 1 aliphatic heterocycles. The second kappa shape index (κ2) is 8.85. The number of benzene rings is 1. The second-order valence-electron chi connectivity index (χ2n) is 8.96. The van der Waals surface area contributed by atoms with Gasteiger partial charge in [0.25, 0.3) is 0 Å². The molecule has 2 fully saturated rings. The van der Waals surface area contributed by atoms with Crippen molar-refractivity contribution in [1.82, 2.24) is 19.6 Å². The van der Waals surface area contributed by atoms with Crippen molar-refractivity contribution < 1.29 is 0 Å². The van der Waals surface area contributed by atoms with Crippen molar-refractivity contribution in [2.24, 2.45) is 0 Å². The van der Waals surface area contributed by atoms with Crippen molar-refractivity contribution in [3.8, 4) is 5.69 Å². The summed E-state index contributed by atoms with van der Waals surface area (Å²) in [6.07, 6.45) is 15.3. The fraction of sp³-hybridized carbons (Fsp3) is 0.560. The lowest BCUT2D eigenvalue weighted by Gasteiger charge is -2.40. The quantitative estimate of drug-likeness (QED) is 0.766. The summed E-state index contributed by atoms with van der Waals surface area (Å²) in [5.74, 6) is 0. The zero-order chi connectivity index (χ0) is 19.5. The van der Waals surface area contributed by atoms with Crippen LogP contribution in [0.5, 0.6) is 0 Å². The molecular weight excluding hydrogens is 356 g/mol. The third-order valence-corrected chi connectivity index (χ3v) is 7.17. The number of fused-ring (bicyclic) bond motifs is 1. The Labute approximate surface area is 175 Å². The average molecular weight is 391 g/mol. The molecule has 2 aromatic rings. The standard InChI is InChI=1S/C25H34N4/c1-3-9-22(10-4-1)28-18-16-27(17-19-28)15-14-21-8-7-13-25-24(21)20-26-29(25)23-11-5-2-6-12-23/h2,5-6,11-12,14,20,22H,1,3-4,7-10,13,15-19H2/b21-14+. The minimum absolute atomic E-state index is 0.869. The fourth-order valence-electron chi connectivity index (χ4n) is 5.46. The predicted molar refractivity (Wildman–Crippen MR) is 119 cm³/mol. The molecule has 29 heavy (non-hydrogen) atoms. The summed E-state index contributed by atoms with van der Waals surface area (Å²) in [5.41, 5.74) is 5.44. The van der Waals surface area contributed by atoms with E-state index in [2.05, 4.69) is 57.1 Å². The highest BCUT2D eigenvalue weighted by atomic mass is 15.3. The summed E-state index contributed by atoms with van der Waals surface area (Å²) in [6.45, 7) is 6.03. The molecule has 1 saturated heterocycles. The van der Waals surface area contributed by atoms with E-state index in [9.17, 15) is 0 Å². The molecule has 0 bridgehead atoms. The summed E-state index contributed by atoms with van der Waals surface area (Å²) in [7, 11) is 0. The average Bonchev–Trinajstić information content (AvgIpc) is 3.24. The van der Waals surface area contributed by atoms with E-state index in [4.69, 9.17) is 5.10 Å². The first-order valence-electron chi connectivity index (χ1n) is 11.7. The number of aromatic nitrogens is 2. The van der Waals surface area contributed by atoms with E-state index in [1.54, 1.807) is 0 Å². The van der Waals surface area contributed by atoms with E-state index < -0.39 is 0 Å². The van der Waals surface area contributed by atoms with Gasteiger partial charge in [-0.15, -0.1) is 0 Å². The highest BCUT2D eigenvalue weighted by molar-refractivity contribution is 5.69. The molecule has 154 valence electrons. The molecule has 1 aromatic carbocycles. The molecule has 0 radical (unpaired) electrons. The molecule has 2 aliphatic carbocycles. The van der Waals surface area contributed by atoms with Crippen LogP contribution >= 0.6 is 0 Å². The largest absolute Gasteiger partial charge is 0.298 e. The van der Waals surface area contributed by atoms with Crippen molar-refractivity contribution in [1.29, 1.82) is 0 Å². The number of para-hydroxylation sites is 1. The van der Waals surface area contributed by atoms with Gasteiger partial charge < -0.3 is 0 Å². The van der Waals surface area contributed by atoms with E-state index in [0.717, 1.165) is 19.0 Å². The Kier molecular flexibility index (Phi) is 5.82. The van der Waals surface area contributed by atoms with E-state index in [1.807, 2.05) is 0 Å². The molecule has 0 spiro atoms. The molecule has 3 aliphatic rings. The number of nitrogens with zero attached hydrogens (tertiary/aromatic N) is 4. The summed E-state index contributed by atoms with van der Waals surface area (Å²) >= 11 is 0. The number of allylic oxidation sites excluding steroid dienone is 1. The Balaban J connectivity index is 1.22. The monoisotopic (exact) mass is 390 g/mol. The molecule has 0 amide bonds. The van der Waals surface area contributed by atoms with Crippen LogP contribution < -0.4 is 0 Å². The molecule has 2 heterocycles. The Morgan fingerprint density at radius 3 is 2.48 bits per heavy atom. The fourth-order valence-corrected chi connectivity index (χ4v) is 5.46. The normalized spacial score (nSPS) is 23.4. The Hall–Kier alpha value is -1.91. The SMILES string of the molecule is C(/CN1CCN(C2CCCCC2)CC1)=C1/CCCc2c1cnn2-c1ccccc1. The smallest absolute Gasteiger partial charge is 0.0649 e. The van der Waals surface area contributed by atoms with Crippen LogP contribution in [0.1, 0.15) is 56.2 Å². The van der Waals surface area contributed by atoms with Crippen LogP contribution in [0.15, 0.2) is 42.6 Å². The van der Waals surface area contributed by atoms with Crippen molar-refractivity contribution in [3.63, 3.8) is 0 Å². The van der Waals surface area contributed by atoms with E-state index in [1.165, 1.54) is 93.6 Å². The summed E-state index contributed by atoms with van der Waals surface area (Å²) < 4.78 is 2.14. The Bertz CT molecular complexity index is 824. The van der Waals surface area contributed by atoms with Gasteiger partial charge in [-0.3, -0.25) is 9.80 Å². The molecule has 1 saturated carbocycles. The van der Waals surface area contributed by atoms with Crippen LogP contribution in [0, 0.1) is 0 Å². The first-order chi connectivity index (χ1) is 14.4. The van der Waals surface area contributed by atoms with Crippen molar-refractivity contribution in [2.45, 2.75) is 57.4 Å². The third-order valence-electron chi connectivity index (χ3n) is 7.17. The highest BCUT2D eigenvalue weighted by Crippen LogP contribution is 2.32. The zero-order valence-corrected chi connectivity index (χ0v) is 17.6. The maximum absolute atomic E-state index is 4.73.